The van der Waals surface area contributed by atoms with Crippen LogP contribution in [-0.2, 0) is 0 Å². The summed E-state index contributed by atoms with van der Waals surface area (Å²) in [6.07, 6.45) is 2.13. The van der Waals surface area contributed by atoms with Gasteiger partial charge in [0.15, 0.2) is 0 Å². The first kappa shape index (κ1) is 11.4. The van der Waals surface area contributed by atoms with Gasteiger partial charge in [-0.3, -0.25) is 0 Å². The van der Waals surface area contributed by atoms with Crippen LogP contribution in [0.3, 0.4) is 0 Å². The molecule has 0 bridgehead atoms. The van der Waals surface area contributed by atoms with Gasteiger partial charge in [0.1, 0.15) is 5.75 Å². The summed E-state index contributed by atoms with van der Waals surface area (Å²) in [6, 6.07) is 5.68. The molecule has 0 fully saturated rings. The Kier molecular flexibility index (Phi) is 4.03. The zero-order valence-corrected chi connectivity index (χ0v) is 9.50. The number of methoxy groups -OCH3 is 1. The summed E-state index contributed by atoms with van der Waals surface area (Å²) in [4.78, 5) is 0. The molecule has 3 nitrogen and oxygen atoms in total. The van der Waals surface area contributed by atoms with E-state index in [1.807, 2.05) is 18.2 Å². The number of ether oxygens (including phenoxy) is 1. The van der Waals surface area contributed by atoms with Crippen molar-refractivity contribution in [2.45, 2.75) is 13.8 Å². The minimum absolute atomic E-state index is 0.658. The highest BCUT2D eigenvalue weighted by molar-refractivity contribution is 5.61. The lowest BCUT2D eigenvalue weighted by Gasteiger charge is -2.08. The molecule has 0 aliphatic carbocycles. The fourth-order valence-corrected chi connectivity index (χ4v) is 1.19. The molecule has 0 radical (unpaired) electrons. The average molecular weight is 206 g/mol. The molecule has 1 aromatic rings. The number of nitrogens with two attached hydrogens (primary N) is 1. The largest absolute Gasteiger partial charge is 0.495 e. The van der Waals surface area contributed by atoms with E-state index >= 15 is 0 Å². The van der Waals surface area contributed by atoms with E-state index in [1.54, 1.807) is 7.11 Å². The van der Waals surface area contributed by atoms with Crippen LogP contribution in [0.5, 0.6) is 5.75 Å². The monoisotopic (exact) mass is 206 g/mol. The van der Waals surface area contributed by atoms with E-state index in [4.69, 9.17) is 10.5 Å². The van der Waals surface area contributed by atoms with Crippen LogP contribution in [0, 0.1) is 0 Å². The Morgan fingerprint density at radius 1 is 1.47 bits per heavy atom. The van der Waals surface area contributed by atoms with Crippen molar-refractivity contribution >= 4 is 11.4 Å². The summed E-state index contributed by atoms with van der Waals surface area (Å²) >= 11 is 0. The number of benzene rings is 1. The second-order valence-corrected chi connectivity index (χ2v) is 3.62. The molecule has 0 aromatic heterocycles. The van der Waals surface area contributed by atoms with Gasteiger partial charge in [0.05, 0.1) is 12.8 Å². The third kappa shape index (κ3) is 3.54. The molecule has 0 heterocycles. The first-order valence-corrected chi connectivity index (χ1v) is 4.94. The van der Waals surface area contributed by atoms with Gasteiger partial charge >= 0.3 is 0 Å². The summed E-state index contributed by atoms with van der Waals surface area (Å²) < 4.78 is 5.13. The normalized spacial score (nSPS) is 9.53. The Balaban J connectivity index is 2.66. The number of nitrogen functional groups attached to an aromatic ring is 1. The predicted octanol–water partition coefficient (Wildman–Crippen LogP) is 2.66. The van der Waals surface area contributed by atoms with Crippen LogP contribution < -0.4 is 15.8 Å². The maximum absolute atomic E-state index is 5.71. The Morgan fingerprint density at radius 2 is 2.20 bits per heavy atom. The van der Waals surface area contributed by atoms with Gasteiger partial charge in [-0.1, -0.05) is 11.6 Å². The maximum atomic E-state index is 5.71. The van der Waals surface area contributed by atoms with Gasteiger partial charge in [0.25, 0.3) is 0 Å². The molecule has 0 atom stereocenters. The molecule has 1 aromatic carbocycles. The number of anilines is 2. The van der Waals surface area contributed by atoms with Crippen molar-refractivity contribution in [1.82, 2.24) is 0 Å². The van der Waals surface area contributed by atoms with Gasteiger partial charge < -0.3 is 15.8 Å². The summed E-state index contributed by atoms with van der Waals surface area (Å²) in [7, 11) is 1.62. The molecule has 0 aliphatic heterocycles. The molecule has 0 amide bonds. The zero-order valence-electron chi connectivity index (χ0n) is 9.50. The third-order valence-electron chi connectivity index (χ3n) is 2.05. The minimum atomic E-state index is 0.658. The molecular weight excluding hydrogens is 188 g/mol. The lowest BCUT2D eigenvalue weighted by atomic mass is 10.2. The topological polar surface area (TPSA) is 47.3 Å². The number of allylic oxidation sites excluding steroid dienone is 1. The number of hydrogen-bond acceptors (Lipinski definition) is 3. The first-order chi connectivity index (χ1) is 7.13. The number of hydrogen-bond donors (Lipinski definition) is 2. The van der Waals surface area contributed by atoms with Crippen molar-refractivity contribution in [3.8, 4) is 5.75 Å². The van der Waals surface area contributed by atoms with Gasteiger partial charge in [-0.25, -0.2) is 0 Å². The number of rotatable bonds is 4. The third-order valence-corrected chi connectivity index (χ3v) is 2.05. The van der Waals surface area contributed by atoms with Crippen LogP contribution in [0.2, 0.25) is 0 Å². The SMILES string of the molecule is COc1cc(NCC=C(C)C)ccc1N. The van der Waals surface area contributed by atoms with Crippen molar-refractivity contribution in [3.63, 3.8) is 0 Å². The molecule has 3 heteroatoms. The van der Waals surface area contributed by atoms with Gasteiger partial charge in [0.2, 0.25) is 0 Å². The van der Waals surface area contributed by atoms with Crippen LogP contribution in [0.4, 0.5) is 11.4 Å². The van der Waals surface area contributed by atoms with Crippen molar-refractivity contribution in [3.05, 3.63) is 29.8 Å². The molecule has 1 rings (SSSR count). The van der Waals surface area contributed by atoms with Crippen LogP contribution in [0.25, 0.3) is 0 Å². The van der Waals surface area contributed by atoms with Gasteiger partial charge in [-0.2, -0.15) is 0 Å². The molecule has 0 spiro atoms. The Bertz CT molecular complexity index is 355. The second-order valence-electron chi connectivity index (χ2n) is 3.62. The van der Waals surface area contributed by atoms with Gasteiger partial charge in [0, 0.05) is 18.3 Å². The van der Waals surface area contributed by atoms with E-state index in [9.17, 15) is 0 Å². The maximum Gasteiger partial charge on any atom is 0.143 e. The predicted molar refractivity (Wildman–Crippen MR) is 65.3 cm³/mol. The Hall–Kier alpha value is -1.64. The summed E-state index contributed by atoms with van der Waals surface area (Å²) in [5.41, 5.74) is 8.68. The quantitative estimate of drug-likeness (QED) is 0.588. The second kappa shape index (κ2) is 5.29. The van der Waals surface area contributed by atoms with E-state index in [-0.39, 0.29) is 0 Å². The van der Waals surface area contributed by atoms with Crippen LogP contribution >= 0.6 is 0 Å². The molecular formula is C12H18N2O. The molecule has 82 valence electrons. The molecule has 0 saturated heterocycles. The fraction of sp³-hybridized carbons (Fsp3) is 0.333. The smallest absolute Gasteiger partial charge is 0.143 e. The van der Waals surface area contributed by atoms with E-state index in [2.05, 4.69) is 25.2 Å². The average Bonchev–Trinajstić information content (AvgIpc) is 2.20. The summed E-state index contributed by atoms with van der Waals surface area (Å²) in [5, 5.41) is 3.27. The van der Waals surface area contributed by atoms with Crippen LogP contribution in [-0.4, -0.2) is 13.7 Å². The Labute approximate surface area is 90.9 Å². The van der Waals surface area contributed by atoms with E-state index in [0.717, 1.165) is 12.2 Å². The molecule has 0 unspecified atom stereocenters. The lowest BCUT2D eigenvalue weighted by Crippen LogP contribution is -2.00. The highest BCUT2D eigenvalue weighted by atomic mass is 16.5. The van der Waals surface area contributed by atoms with Crippen LogP contribution in [0.15, 0.2) is 29.8 Å². The highest BCUT2D eigenvalue weighted by Gasteiger charge is 1.99. The Morgan fingerprint density at radius 3 is 2.80 bits per heavy atom. The van der Waals surface area contributed by atoms with Crippen molar-refractivity contribution < 1.29 is 4.74 Å². The molecule has 0 aliphatic rings. The molecule has 15 heavy (non-hydrogen) atoms. The lowest BCUT2D eigenvalue weighted by molar-refractivity contribution is 0.417. The van der Waals surface area contributed by atoms with Gasteiger partial charge in [-0.15, -0.1) is 0 Å². The van der Waals surface area contributed by atoms with E-state index in [1.165, 1.54) is 5.57 Å². The highest BCUT2D eigenvalue weighted by Crippen LogP contribution is 2.24. The number of nitrogens with one attached hydrogen (secondary N) is 1. The van der Waals surface area contributed by atoms with E-state index in [0.29, 0.717) is 11.4 Å². The van der Waals surface area contributed by atoms with Crippen molar-refractivity contribution in [2.75, 3.05) is 24.7 Å². The van der Waals surface area contributed by atoms with E-state index < -0.39 is 0 Å². The minimum Gasteiger partial charge on any atom is -0.495 e. The fourth-order valence-electron chi connectivity index (χ4n) is 1.19. The summed E-state index contributed by atoms with van der Waals surface area (Å²) in [5.74, 6) is 0.706. The van der Waals surface area contributed by atoms with Crippen LogP contribution in [0.1, 0.15) is 13.8 Å². The standard InChI is InChI=1S/C12H18N2O/c1-9(2)6-7-14-10-4-5-11(13)12(8-10)15-3/h4-6,8,14H,7,13H2,1-3H3. The van der Waals surface area contributed by atoms with Crippen molar-refractivity contribution in [2.24, 2.45) is 0 Å². The van der Waals surface area contributed by atoms with Gasteiger partial charge in [-0.05, 0) is 26.0 Å². The zero-order chi connectivity index (χ0) is 11.3. The molecule has 3 N–H and O–H groups in total. The first-order valence-electron chi connectivity index (χ1n) is 4.94. The van der Waals surface area contributed by atoms with Crippen molar-refractivity contribution in [1.29, 1.82) is 0 Å². The summed E-state index contributed by atoms with van der Waals surface area (Å²) in [6.45, 7) is 4.96. The molecule has 0 saturated carbocycles.